The van der Waals surface area contributed by atoms with Crippen LogP contribution in [0.25, 0.3) is 10.8 Å². The van der Waals surface area contributed by atoms with Crippen LogP contribution in [0.2, 0.25) is 5.02 Å². The number of halogens is 1. The van der Waals surface area contributed by atoms with Gasteiger partial charge in [-0.25, -0.2) is 4.79 Å². The molecule has 0 bridgehead atoms. The first-order valence-corrected chi connectivity index (χ1v) is 5.62. The van der Waals surface area contributed by atoms with Gasteiger partial charge in [-0.1, -0.05) is 23.7 Å². The van der Waals surface area contributed by atoms with E-state index in [2.05, 4.69) is 0 Å². The third kappa shape index (κ3) is 2.00. The van der Waals surface area contributed by atoms with E-state index in [1.54, 1.807) is 25.1 Å². The molecule has 0 aliphatic carbocycles. The topological polar surface area (TPSA) is 77.8 Å². The molecular formula is C13H11ClO4. The molecular weight excluding hydrogens is 256 g/mol. The van der Waals surface area contributed by atoms with E-state index in [-0.39, 0.29) is 11.3 Å². The maximum absolute atomic E-state index is 10.8. The van der Waals surface area contributed by atoms with Crippen molar-refractivity contribution < 1.29 is 20.1 Å². The Kier molecular flexibility index (Phi) is 3.15. The molecule has 5 heteroatoms. The SMILES string of the molecule is Cc1cc2ccc(Cl)cc2c(O)c1C(O)C(=O)O. The molecule has 3 N–H and O–H groups in total. The van der Waals surface area contributed by atoms with Crippen molar-refractivity contribution in [2.45, 2.75) is 13.0 Å². The van der Waals surface area contributed by atoms with Crippen molar-refractivity contribution in [3.63, 3.8) is 0 Å². The summed E-state index contributed by atoms with van der Waals surface area (Å²) in [6.45, 7) is 1.63. The smallest absolute Gasteiger partial charge is 0.337 e. The summed E-state index contributed by atoms with van der Waals surface area (Å²) in [7, 11) is 0. The molecule has 1 atom stereocenters. The maximum atomic E-state index is 10.8. The fourth-order valence-corrected chi connectivity index (χ4v) is 2.14. The number of hydrogen-bond acceptors (Lipinski definition) is 3. The Morgan fingerprint density at radius 3 is 2.61 bits per heavy atom. The Labute approximate surface area is 108 Å². The van der Waals surface area contributed by atoms with E-state index in [1.807, 2.05) is 0 Å². The van der Waals surface area contributed by atoms with Crippen LogP contribution in [0.5, 0.6) is 5.75 Å². The van der Waals surface area contributed by atoms with Crippen LogP contribution in [0.15, 0.2) is 24.3 Å². The Balaban J connectivity index is 2.78. The first-order chi connectivity index (χ1) is 8.41. The summed E-state index contributed by atoms with van der Waals surface area (Å²) in [4.78, 5) is 10.8. The Bertz CT molecular complexity index is 636. The number of fused-ring (bicyclic) bond motifs is 1. The van der Waals surface area contributed by atoms with E-state index in [0.717, 1.165) is 5.39 Å². The lowest BCUT2D eigenvalue weighted by molar-refractivity contribution is -0.147. The molecule has 0 radical (unpaired) electrons. The number of phenols is 1. The van der Waals surface area contributed by atoms with Gasteiger partial charge in [-0.15, -0.1) is 0 Å². The Hall–Kier alpha value is -1.78. The minimum atomic E-state index is -1.76. The van der Waals surface area contributed by atoms with Crippen LogP contribution in [0.3, 0.4) is 0 Å². The lowest BCUT2D eigenvalue weighted by Crippen LogP contribution is -2.12. The summed E-state index contributed by atoms with van der Waals surface area (Å²) in [6, 6.07) is 6.63. The van der Waals surface area contributed by atoms with Gasteiger partial charge in [-0.2, -0.15) is 0 Å². The third-order valence-corrected chi connectivity index (χ3v) is 3.06. The van der Waals surface area contributed by atoms with Gasteiger partial charge in [-0.05, 0) is 30.0 Å². The molecule has 0 heterocycles. The van der Waals surface area contributed by atoms with E-state index >= 15 is 0 Å². The highest BCUT2D eigenvalue weighted by atomic mass is 35.5. The molecule has 94 valence electrons. The average molecular weight is 267 g/mol. The van der Waals surface area contributed by atoms with Crippen molar-refractivity contribution in [2.75, 3.05) is 0 Å². The summed E-state index contributed by atoms with van der Waals surface area (Å²) in [5.41, 5.74) is 0.509. The second-order valence-corrected chi connectivity index (χ2v) is 4.50. The van der Waals surface area contributed by atoms with E-state index in [4.69, 9.17) is 16.7 Å². The first-order valence-electron chi connectivity index (χ1n) is 5.24. The number of aliphatic hydroxyl groups is 1. The maximum Gasteiger partial charge on any atom is 0.337 e. The molecule has 0 aliphatic rings. The average Bonchev–Trinajstić information content (AvgIpc) is 2.30. The summed E-state index contributed by atoms with van der Waals surface area (Å²) in [5, 5.41) is 30.1. The summed E-state index contributed by atoms with van der Waals surface area (Å²) in [5.74, 6) is -1.66. The fraction of sp³-hybridized carbons (Fsp3) is 0.154. The highest BCUT2D eigenvalue weighted by molar-refractivity contribution is 6.31. The molecule has 0 spiro atoms. The van der Waals surface area contributed by atoms with Gasteiger partial charge in [0.15, 0.2) is 6.10 Å². The van der Waals surface area contributed by atoms with Gasteiger partial charge in [0.1, 0.15) is 5.75 Å². The van der Waals surface area contributed by atoms with E-state index in [0.29, 0.717) is 16.0 Å². The van der Waals surface area contributed by atoms with Crippen molar-refractivity contribution in [1.82, 2.24) is 0 Å². The molecule has 0 fully saturated rings. The number of aromatic hydroxyl groups is 1. The van der Waals surface area contributed by atoms with Gasteiger partial charge in [0.2, 0.25) is 0 Å². The van der Waals surface area contributed by atoms with E-state index in [1.165, 1.54) is 6.07 Å². The second-order valence-electron chi connectivity index (χ2n) is 4.06. The van der Waals surface area contributed by atoms with Gasteiger partial charge in [0, 0.05) is 16.0 Å². The summed E-state index contributed by atoms with van der Waals surface area (Å²) < 4.78 is 0. The number of aryl methyl sites for hydroxylation is 1. The standard InChI is InChI=1S/C13H11ClO4/c1-6-4-7-2-3-8(14)5-9(7)11(15)10(6)12(16)13(17)18/h2-5,12,15-16H,1H3,(H,17,18). The highest BCUT2D eigenvalue weighted by Crippen LogP contribution is 2.36. The minimum absolute atomic E-state index is 0.00253. The fourth-order valence-electron chi connectivity index (χ4n) is 1.97. The number of aliphatic carboxylic acids is 1. The summed E-state index contributed by atoms with van der Waals surface area (Å²) >= 11 is 5.83. The predicted octanol–water partition coefficient (Wildman–Crippen LogP) is 2.63. The zero-order valence-corrected chi connectivity index (χ0v) is 10.3. The molecule has 1 unspecified atom stereocenters. The van der Waals surface area contributed by atoms with E-state index < -0.39 is 12.1 Å². The van der Waals surface area contributed by atoms with Gasteiger partial charge in [-0.3, -0.25) is 0 Å². The number of aliphatic hydroxyl groups excluding tert-OH is 1. The number of benzene rings is 2. The van der Waals surface area contributed by atoms with Crippen LogP contribution < -0.4 is 0 Å². The van der Waals surface area contributed by atoms with Crippen molar-refractivity contribution in [2.24, 2.45) is 0 Å². The van der Waals surface area contributed by atoms with Crippen LogP contribution >= 0.6 is 11.6 Å². The molecule has 0 aromatic heterocycles. The molecule has 2 aromatic rings. The van der Waals surface area contributed by atoms with E-state index in [9.17, 15) is 15.0 Å². The number of carboxylic acid groups (broad SMARTS) is 1. The molecule has 0 aliphatic heterocycles. The van der Waals surface area contributed by atoms with Crippen LogP contribution in [-0.2, 0) is 4.79 Å². The van der Waals surface area contributed by atoms with Gasteiger partial charge < -0.3 is 15.3 Å². The van der Waals surface area contributed by atoms with Crippen molar-refractivity contribution in [3.05, 3.63) is 40.4 Å². The molecule has 18 heavy (non-hydrogen) atoms. The number of carboxylic acids is 1. The Morgan fingerprint density at radius 2 is 2.00 bits per heavy atom. The number of hydrogen-bond donors (Lipinski definition) is 3. The highest BCUT2D eigenvalue weighted by Gasteiger charge is 2.23. The zero-order valence-electron chi connectivity index (χ0n) is 9.51. The van der Waals surface area contributed by atoms with Crippen LogP contribution in [0.4, 0.5) is 0 Å². The monoisotopic (exact) mass is 266 g/mol. The minimum Gasteiger partial charge on any atom is -0.507 e. The van der Waals surface area contributed by atoms with Crippen LogP contribution in [0, 0.1) is 6.92 Å². The summed E-state index contributed by atoms with van der Waals surface area (Å²) in [6.07, 6.45) is -1.76. The lowest BCUT2D eigenvalue weighted by Gasteiger charge is -2.14. The second kappa shape index (κ2) is 4.48. The molecule has 0 saturated carbocycles. The van der Waals surface area contributed by atoms with Crippen molar-refractivity contribution in [1.29, 1.82) is 0 Å². The predicted molar refractivity (Wildman–Crippen MR) is 68.0 cm³/mol. The van der Waals surface area contributed by atoms with Crippen molar-refractivity contribution in [3.8, 4) is 5.75 Å². The molecule has 0 saturated heterocycles. The Morgan fingerprint density at radius 1 is 1.33 bits per heavy atom. The first kappa shape index (κ1) is 12.7. The quantitative estimate of drug-likeness (QED) is 0.781. The number of phenolic OH excluding ortho intramolecular Hbond substituents is 1. The number of carbonyl (C=O) groups is 1. The number of rotatable bonds is 2. The van der Waals surface area contributed by atoms with Crippen molar-refractivity contribution >= 4 is 28.3 Å². The normalized spacial score (nSPS) is 12.6. The molecule has 0 amide bonds. The van der Waals surface area contributed by atoms with Gasteiger partial charge in [0.05, 0.1) is 0 Å². The largest absolute Gasteiger partial charge is 0.507 e. The third-order valence-electron chi connectivity index (χ3n) is 2.83. The van der Waals surface area contributed by atoms with Crippen LogP contribution in [-0.4, -0.2) is 21.3 Å². The lowest BCUT2D eigenvalue weighted by atomic mass is 9.96. The zero-order chi connectivity index (χ0) is 13.4. The molecule has 2 aromatic carbocycles. The van der Waals surface area contributed by atoms with Gasteiger partial charge >= 0.3 is 5.97 Å². The van der Waals surface area contributed by atoms with Gasteiger partial charge in [0.25, 0.3) is 0 Å². The molecule has 2 rings (SSSR count). The van der Waals surface area contributed by atoms with Crippen LogP contribution in [0.1, 0.15) is 17.2 Å². The molecule has 4 nitrogen and oxygen atoms in total.